The first-order valence-corrected chi connectivity index (χ1v) is 11.3. The molecule has 0 atom stereocenters. The van der Waals surface area contributed by atoms with Gasteiger partial charge in [0.2, 0.25) is 5.88 Å². The molecule has 1 fully saturated rings. The van der Waals surface area contributed by atoms with Crippen LogP contribution in [0, 0.1) is 5.82 Å². The maximum absolute atomic E-state index is 13.4. The van der Waals surface area contributed by atoms with Crippen molar-refractivity contribution in [3.63, 3.8) is 0 Å². The van der Waals surface area contributed by atoms with Crippen molar-refractivity contribution in [3.8, 4) is 5.88 Å². The normalized spacial score (nSPS) is 15.2. The van der Waals surface area contributed by atoms with Crippen LogP contribution in [0.4, 0.5) is 4.39 Å². The van der Waals surface area contributed by atoms with E-state index in [1.165, 1.54) is 12.1 Å². The number of rotatable bonds is 9. The molecule has 3 heterocycles. The molecule has 0 radical (unpaired) electrons. The summed E-state index contributed by atoms with van der Waals surface area (Å²) in [7, 11) is 0. The zero-order chi connectivity index (χ0) is 22.3. The Bertz CT molecular complexity index is 1050. The van der Waals surface area contributed by atoms with E-state index in [2.05, 4.69) is 20.4 Å². The van der Waals surface area contributed by atoms with Crippen LogP contribution >= 0.6 is 0 Å². The van der Waals surface area contributed by atoms with E-state index < -0.39 is 0 Å². The number of aromatic nitrogens is 2. The van der Waals surface area contributed by atoms with Gasteiger partial charge in [0.1, 0.15) is 5.82 Å². The molecule has 1 aliphatic rings. The Morgan fingerprint density at radius 1 is 1.25 bits per heavy atom. The first-order valence-electron chi connectivity index (χ1n) is 11.3. The van der Waals surface area contributed by atoms with Gasteiger partial charge in [-0.25, -0.2) is 9.37 Å². The molecule has 0 spiro atoms. The quantitative estimate of drug-likeness (QED) is 0.504. The van der Waals surface area contributed by atoms with Crippen molar-refractivity contribution < 1.29 is 18.4 Å². The van der Waals surface area contributed by atoms with Crippen LogP contribution in [0.5, 0.6) is 5.88 Å². The molecule has 0 bridgehead atoms. The summed E-state index contributed by atoms with van der Waals surface area (Å²) < 4.78 is 24.4. The molecule has 1 N–H and O–H groups in total. The van der Waals surface area contributed by atoms with E-state index in [0.29, 0.717) is 36.1 Å². The number of pyridine rings is 1. The molecule has 4 rings (SSSR count). The summed E-state index contributed by atoms with van der Waals surface area (Å²) in [6, 6.07) is 7.99. The number of piperidine rings is 1. The molecule has 1 aromatic carbocycles. The van der Waals surface area contributed by atoms with Crippen molar-refractivity contribution in [2.45, 2.75) is 38.5 Å². The van der Waals surface area contributed by atoms with Gasteiger partial charge in [0.05, 0.1) is 12.3 Å². The highest BCUT2D eigenvalue weighted by molar-refractivity contribution is 5.94. The third-order valence-corrected chi connectivity index (χ3v) is 5.89. The second-order valence-electron chi connectivity index (χ2n) is 8.12. The van der Waals surface area contributed by atoms with Gasteiger partial charge in [-0.1, -0.05) is 5.16 Å². The van der Waals surface area contributed by atoms with Crippen molar-refractivity contribution in [3.05, 3.63) is 53.6 Å². The van der Waals surface area contributed by atoms with E-state index >= 15 is 0 Å². The van der Waals surface area contributed by atoms with Crippen LogP contribution in [0.2, 0.25) is 0 Å². The predicted octanol–water partition coefficient (Wildman–Crippen LogP) is 4.15. The van der Waals surface area contributed by atoms with Crippen molar-refractivity contribution in [1.29, 1.82) is 0 Å². The fraction of sp³-hybridized carbons (Fsp3) is 0.458. The van der Waals surface area contributed by atoms with Gasteiger partial charge in [0.15, 0.2) is 5.58 Å². The third-order valence-electron chi connectivity index (χ3n) is 5.89. The van der Waals surface area contributed by atoms with E-state index in [4.69, 9.17) is 9.26 Å². The number of amides is 1. The number of halogens is 1. The van der Waals surface area contributed by atoms with E-state index in [9.17, 15) is 9.18 Å². The highest BCUT2D eigenvalue weighted by Gasteiger charge is 2.24. The highest BCUT2D eigenvalue weighted by atomic mass is 19.1. The lowest BCUT2D eigenvalue weighted by Gasteiger charge is -2.31. The maximum atomic E-state index is 13.4. The molecule has 1 aliphatic heterocycles. The van der Waals surface area contributed by atoms with E-state index in [1.807, 2.05) is 6.92 Å². The van der Waals surface area contributed by atoms with E-state index in [-0.39, 0.29) is 11.7 Å². The minimum Gasteiger partial charge on any atom is -0.478 e. The molecule has 2 aromatic heterocycles. The molecule has 8 heteroatoms. The number of carbonyl (C=O) groups is 1. The molecule has 0 saturated carbocycles. The van der Waals surface area contributed by atoms with Gasteiger partial charge in [-0.05, 0) is 70.4 Å². The number of hydrogen-bond donors (Lipinski definition) is 1. The zero-order valence-corrected chi connectivity index (χ0v) is 18.3. The molecule has 170 valence electrons. The molecule has 1 amide bonds. The fourth-order valence-electron chi connectivity index (χ4n) is 4.16. The number of nitrogens with one attached hydrogen (secondary N) is 1. The van der Waals surface area contributed by atoms with Crippen LogP contribution in [0.15, 0.2) is 41.1 Å². The van der Waals surface area contributed by atoms with Gasteiger partial charge < -0.3 is 19.5 Å². The number of unbranched alkanes of at least 4 members (excludes halogenated alkanes) is 1. The number of hydrogen-bond acceptors (Lipinski definition) is 6. The Balaban J connectivity index is 1.17. The maximum Gasteiger partial charge on any atom is 0.251 e. The van der Waals surface area contributed by atoms with Gasteiger partial charge in [0, 0.05) is 41.7 Å². The lowest BCUT2D eigenvalue weighted by atomic mass is 9.91. The Labute approximate surface area is 186 Å². The Morgan fingerprint density at radius 3 is 2.91 bits per heavy atom. The number of fused-ring (bicyclic) bond motifs is 1. The van der Waals surface area contributed by atoms with Gasteiger partial charge in [-0.3, -0.25) is 4.79 Å². The fourth-order valence-corrected chi connectivity index (χ4v) is 4.16. The predicted molar refractivity (Wildman–Crippen MR) is 119 cm³/mol. The topological polar surface area (TPSA) is 80.5 Å². The third kappa shape index (κ3) is 5.43. The summed E-state index contributed by atoms with van der Waals surface area (Å²) in [5.74, 6) is 0.414. The number of benzene rings is 1. The molecular weight excluding hydrogens is 411 g/mol. The zero-order valence-electron chi connectivity index (χ0n) is 18.3. The summed E-state index contributed by atoms with van der Waals surface area (Å²) in [5.41, 5.74) is 2.04. The summed E-state index contributed by atoms with van der Waals surface area (Å²) in [4.78, 5) is 18.5. The lowest BCUT2D eigenvalue weighted by molar-refractivity contribution is 0.0955. The second-order valence-corrected chi connectivity index (χ2v) is 8.12. The monoisotopic (exact) mass is 440 g/mol. The van der Waals surface area contributed by atoms with Crippen LogP contribution in [-0.2, 0) is 0 Å². The van der Waals surface area contributed by atoms with Crippen molar-refractivity contribution in [1.82, 2.24) is 20.4 Å². The molecule has 1 saturated heterocycles. The van der Waals surface area contributed by atoms with E-state index in [0.717, 1.165) is 56.4 Å². The van der Waals surface area contributed by atoms with Crippen molar-refractivity contribution >= 4 is 16.9 Å². The molecule has 0 aliphatic carbocycles. The van der Waals surface area contributed by atoms with E-state index in [1.54, 1.807) is 24.4 Å². The molecule has 32 heavy (non-hydrogen) atoms. The molecular formula is C24H29FN4O3. The number of nitrogens with zero attached hydrogens (tertiary/aromatic N) is 3. The molecule has 0 unspecified atom stereocenters. The smallest absolute Gasteiger partial charge is 0.251 e. The second kappa shape index (κ2) is 10.5. The molecule has 3 aromatic rings. The van der Waals surface area contributed by atoms with Crippen molar-refractivity contribution in [2.24, 2.45) is 0 Å². The van der Waals surface area contributed by atoms with Gasteiger partial charge in [-0.2, -0.15) is 0 Å². The number of ether oxygens (including phenoxy) is 1. The van der Waals surface area contributed by atoms with Crippen LogP contribution in [-0.4, -0.2) is 53.7 Å². The highest BCUT2D eigenvalue weighted by Crippen LogP contribution is 2.32. The summed E-state index contributed by atoms with van der Waals surface area (Å²) in [6.45, 7) is 6.09. The van der Waals surface area contributed by atoms with Crippen LogP contribution in [0.3, 0.4) is 0 Å². The number of carbonyl (C=O) groups excluding carboxylic acids is 1. The average Bonchev–Trinajstić information content (AvgIpc) is 3.22. The Morgan fingerprint density at radius 2 is 2.09 bits per heavy atom. The number of likely N-dealkylation sites (tertiary alicyclic amines) is 1. The first kappa shape index (κ1) is 22.2. The van der Waals surface area contributed by atoms with Gasteiger partial charge >= 0.3 is 0 Å². The summed E-state index contributed by atoms with van der Waals surface area (Å²) >= 11 is 0. The molecule has 7 nitrogen and oxygen atoms in total. The first-order chi connectivity index (χ1) is 15.6. The minimum absolute atomic E-state index is 0.117. The Hall–Kier alpha value is -3.00. The minimum atomic E-state index is -0.301. The lowest BCUT2D eigenvalue weighted by Crippen LogP contribution is -2.34. The Kier molecular flexibility index (Phi) is 7.32. The van der Waals surface area contributed by atoms with Gasteiger partial charge in [0.25, 0.3) is 5.91 Å². The standard InChI is InChI=1S/C24H29FN4O3/c1-2-26-24(30)18-7-10-27-22(15-18)31-14-4-3-11-29-12-8-17(9-13-29)23-20-6-5-19(25)16-21(20)32-28-23/h5-7,10,15-17H,2-4,8-9,11-14H2,1H3,(H,26,30). The van der Waals surface area contributed by atoms with Crippen LogP contribution in [0.1, 0.15) is 54.6 Å². The van der Waals surface area contributed by atoms with Gasteiger partial charge in [-0.15, -0.1) is 0 Å². The van der Waals surface area contributed by atoms with Crippen LogP contribution in [0.25, 0.3) is 11.0 Å². The summed E-state index contributed by atoms with van der Waals surface area (Å²) in [5, 5.41) is 7.92. The summed E-state index contributed by atoms with van der Waals surface area (Å²) in [6.07, 6.45) is 5.59. The largest absolute Gasteiger partial charge is 0.478 e. The van der Waals surface area contributed by atoms with Crippen LogP contribution < -0.4 is 10.1 Å². The average molecular weight is 441 g/mol. The SMILES string of the molecule is CCNC(=O)c1ccnc(OCCCCN2CCC(c3noc4cc(F)ccc34)CC2)c1. The van der Waals surface area contributed by atoms with Crippen molar-refractivity contribution in [2.75, 3.05) is 32.8 Å².